The summed E-state index contributed by atoms with van der Waals surface area (Å²) in [6.07, 6.45) is 5.55. The average molecular weight is 235 g/mol. The van der Waals surface area contributed by atoms with Crippen LogP contribution in [0, 0.1) is 5.41 Å². The van der Waals surface area contributed by atoms with Gasteiger partial charge < -0.3 is 10.3 Å². The number of aromatic nitrogens is 3. The molecule has 1 aromatic rings. The van der Waals surface area contributed by atoms with Gasteiger partial charge in [-0.15, -0.1) is 10.2 Å². The van der Waals surface area contributed by atoms with Gasteiger partial charge in [0.2, 0.25) is 0 Å². The first-order chi connectivity index (χ1) is 8.17. The molecule has 1 aliphatic heterocycles. The lowest BCUT2D eigenvalue weighted by atomic mass is 9.84. The van der Waals surface area contributed by atoms with E-state index in [0.29, 0.717) is 11.5 Å². The zero-order chi connectivity index (χ0) is 11.9. The quantitative estimate of drug-likeness (QED) is 0.816. The molecule has 5 nitrogen and oxygen atoms in total. The largest absolute Gasteiger partial charge is 0.327 e. The Labute approximate surface area is 102 Å². The Morgan fingerprint density at radius 3 is 3.18 bits per heavy atom. The first-order valence-corrected chi connectivity index (χ1v) is 6.52. The molecule has 2 aliphatic rings. The molecule has 0 saturated heterocycles. The van der Waals surface area contributed by atoms with E-state index in [1.54, 1.807) is 0 Å². The topological polar surface area (TPSA) is 60.0 Å². The van der Waals surface area contributed by atoms with Crippen molar-refractivity contribution in [1.29, 1.82) is 0 Å². The average Bonchev–Trinajstić information content (AvgIpc) is 2.87. The van der Waals surface area contributed by atoms with E-state index in [4.69, 9.17) is 5.73 Å². The highest BCUT2D eigenvalue weighted by Crippen LogP contribution is 2.37. The molecule has 2 heterocycles. The van der Waals surface area contributed by atoms with Crippen molar-refractivity contribution in [1.82, 2.24) is 19.7 Å². The number of hydrogen-bond donors (Lipinski definition) is 1. The normalized spacial score (nSPS) is 33.9. The zero-order valence-electron chi connectivity index (χ0n) is 10.5. The van der Waals surface area contributed by atoms with Crippen LogP contribution in [0.5, 0.6) is 0 Å². The van der Waals surface area contributed by atoms with E-state index in [2.05, 4.69) is 26.6 Å². The number of nitrogens with zero attached hydrogens (tertiary/aromatic N) is 4. The third kappa shape index (κ3) is 1.98. The molecule has 0 amide bonds. The van der Waals surface area contributed by atoms with Crippen LogP contribution in [0.3, 0.4) is 0 Å². The second-order valence-corrected chi connectivity index (χ2v) is 5.80. The van der Waals surface area contributed by atoms with Gasteiger partial charge in [0, 0.05) is 25.7 Å². The molecule has 1 aliphatic carbocycles. The van der Waals surface area contributed by atoms with Gasteiger partial charge in [0.05, 0.1) is 6.54 Å². The summed E-state index contributed by atoms with van der Waals surface area (Å²) in [6.45, 7) is 6.45. The second kappa shape index (κ2) is 4.07. The number of rotatable bonds is 2. The van der Waals surface area contributed by atoms with E-state index >= 15 is 0 Å². The van der Waals surface area contributed by atoms with Gasteiger partial charge in [0.25, 0.3) is 0 Å². The van der Waals surface area contributed by atoms with E-state index in [1.165, 1.54) is 19.3 Å². The summed E-state index contributed by atoms with van der Waals surface area (Å²) in [5.74, 6) is 1.09. The summed E-state index contributed by atoms with van der Waals surface area (Å²) in [7, 11) is 0. The van der Waals surface area contributed by atoms with Crippen molar-refractivity contribution < 1.29 is 0 Å². The summed E-state index contributed by atoms with van der Waals surface area (Å²) in [4.78, 5) is 2.48. The molecule has 1 aromatic heterocycles. The van der Waals surface area contributed by atoms with Gasteiger partial charge in [-0.1, -0.05) is 13.3 Å². The lowest BCUT2D eigenvalue weighted by molar-refractivity contribution is 0.125. The van der Waals surface area contributed by atoms with Gasteiger partial charge in [-0.2, -0.15) is 0 Å². The van der Waals surface area contributed by atoms with E-state index in [-0.39, 0.29) is 0 Å². The van der Waals surface area contributed by atoms with Gasteiger partial charge >= 0.3 is 0 Å². The van der Waals surface area contributed by atoms with Crippen LogP contribution in [0.1, 0.15) is 32.0 Å². The van der Waals surface area contributed by atoms with E-state index in [0.717, 1.165) is 32.0 Å². The predicted molar refractivity (Wildman–Crippen MR) is 65.2 cm³/mol. The number of nitrogens with two attached hydrogens (primary N) is 1. The predicted octanol–water partition coefficient (Wildman–Crippen LogP) is 0.611. The molecule has 0 bridgehead atoms. The highest BCUT2D eigenvalue weighted by atomic mass is 15.3. The van der Waals surface area contributed by atoms with E-state index in [9.17, 15) is 0 Å². The van der Waals surface area contributed by atoms with Crippen molar-refractivity contribution in [3.63, 3.8) is 0 Å². The molecule has 17 heavy (non-hydrogen) atoms. The molecule has 0 aromatic carbocycles. The Morgan fingerprint density at radius 2 is 2.41 bits per heavy atom. The van der Waals surface area contributed by atoms with Crippen molar-refractivity contribution in [3.8, 4) is 0 Å². The van der Waals surface area contributed by atoms with Crippen molar-refractivity contribution in [2.24, 2.45) is 11.1 Å². The minimum atomic E-state index is 0.294. The molecule has 94 valence electrons. The molecule has 2 unspecified atom stereocenters. The lowest BCUT2D eigenvalue weighted by Gasteiger charge is -2.37. The van der Waals surface area contributed by atoms with Crippen LogP contribution in [0.2, 0.25) is 0 Å². The van der Waals surface area contributed by atoms with Crippen molar-refractivity contribution in [2.45, 2.75) is 45.3 Å². The van der Waals surface area contributed by atoms with Crippen LogP contribution in [-0.4, -0.2) is 38.8 Å². The molecule has 2 atom stereocenters. The fourth-order valence-corrected chi connectivity index (χ4v) is 3.22. The van der Waals surface area contributed by atoms with Gasteiger partial charge in [0.15, 0.2) is 0 Å². The Kier molecular flexibility index (Phi) is 2.67. The summed E-state index contributed by atoms with van der Waals surface area (Å²) in [5, 5.41) is 8.13. The van der Waals surface area contributed by atoms with Crippen LogP contribution < -0.4 is 5.73 Å². The second-order valence-electron chi connectivity index (χ2n) is 5.80. The number of hydrogen-bond acceptors (Lipinski definition) is 4. The summed E-state index contributed by atoms with van der Waals surface area (Å²) in [6, 6.07) is 0.363. The summed E-state index contributed by atoms with van der Waals surface area (Å²) in [5.41, 5.74) is 6.54. The highest BCUT2D eigenvalue weighted by Gasteiger charge is 2.38. The lowest BCUT2D eigenvalue weighted by Crippen LogP contribution is -2.46. The Bertz CT molecular complexity index is 401. The molecule has 3 rings (SSSR count). The fraction of sp³-hybridized carbons (Fsp3) is 0.833. The maximum absolute atomic E-state index is 6.25. The molecule has 5 heteroatoms. The van der Waals surface area contributed by atoms with Crippen molar-refractivity contribution >= 4 is 0 Å². The van der Waals surface area contributed by atoms with Crippen molar-refractivity contribution in [3.05, 3.63) is 12.2 Å². The summed E-state index contributed by atoms with van der Waals surface area (Å²) < 4.78 is 2.15. The molecule has 0 spiro atoms. The smallest absolute Gasteiger partial charge is 0.147 e. The fourth-order valence-electron chi connectivity index (χ4n) is 3.22. The van der Waals surface area contributed by atoms with Gasteiger partial charge in [-0.25, -0.2) is 0 Å². The standard InChI is InChI=1S/C12H21N5/c1-12(4-2-3-10(12)13)8-16-5-6-17-9-14-15-11(17)7-16/h9-10H,2-8,13H2,1H3. The minimum absolute atomic E-state index is 0.294. The molecule has 2 N–H and O–H groups in total. The monoisotopic (exact) mass is 235 g/mol. The molecule has 0 radical (unpaired) electrons. The SMILES string of the molecule is CC1(CN2CCn3cnnc3C2)CCCC1N. The summed E-state index contributed by atoms with van der Waals surface area (Å²) >= 11 is 0. The zero-order valence-corrected chi connectivity index (χ0v) is 10.5. The Balaban J connectivity index is 1.68. The molecule has 1 saturated carbocycles. The van der Waals surface area contributed by atoms with Crippen LogP contribution >= 0.6 is 0 Å². The van der Waals surface area contributed by atoms with Gasteiger partial charge in [0.1, 0.15) is 12.2 Å². The number of fused-ring (bicyclic) bond motifs is 1. The maximum atomic E-state index is 6.25. The van der Waals surface area contributed by atoms with Crippen molar-refractivity contribution in [2.75, 3.05) is 13.1 Å². The van der Waals surface area contributed by atoms with Gasteiger partial charge in [-0.05, 0) is 18.3 Å². The van der Waals surface area contributed by atoms with Crippen LogP contribution in [0.15, 0.2) is 6.33 Å². The third-order valence-electron chi connectivity index (χ3n) is 4.46. The maximum Gasteiger partial charge on any atom is 0.147 e. The van der Waals surface area contributed by atoms with Crippen LogP contribution in [-0.2, 0) is 13.1 Å². The van der Waals surface area contributed by atoms with E-state index in [1.807, 2.05) is 6.33 Å². The first-order valence-electron chi connectivity index (χ1n) is 6.52. The Hall–Kier alpha value is -0.940. The van der Waals surface area contributed by atoms with Crippen LogP contribution in [0.4, 0.5) is 0 Å². The minimum Gasteiger partial charge on any atom is -0.327 e. The van der Waals surface area contributed by atoms with Crippen LogP contribution in [0.25, 0.3) is 0 Å². The molecule has 1 fully saturated rings. The van der Waals surface area contributed by atoms with E-state index < -0.39 is 0 Å². The third-order valence-corrected chi connectivity index (χ3v) is 4.46. The van der Waals surface area contributed by atoms with Gasteiger partial charge in [-0.3, -0.25) is 4.90 Å². The molecular formula is C12H21N5. The molecular weight excluding hydrogens is 214 g/mol. The Morgan fingerprint density at radius 1 is 1.53 bits per heavy atom. The highest BCUT2D eigenvalue weighted by molar-refractivity contribution is 4.96. The first kappa shape index (κ1) is 11.2.